The van der Waals surface area contributed by atoms with Gasteiger partial charge in [-0.15, -0.1) is 0 Å². The Bertz CT molecular complexity index is 1200. The van der Waals surface area contributed by atoms with Gasteiger partial charge in [-0.1, -0.05) is 12.1 Å². The van der Waals surface area contributed by atoms with Crippen molar-refractivity contribution >= 4 is 22.8 Å². The standard InChI is InChI=1S/C25H30N6O4/c1-34-23-13-28-18-6-2-5-17(24(18)31-23)20(32)10-19(15-4-3-9-26-11-15)27-12-16-7-8-21-25(29-16)30-22(33)14-35-21/h2,5-8,13,15,19-20,26-27,32H,3-4,9-12,14H2,1H3,(H,29,30,33). The monoisotopic (exact) mass is 478 g/mol. The lowest BCUT2D eigenvalue weighted by Crippen LogP contribution is -2.44. The fourth-order valence-corrected chi connectivity index (χ4v) is 4.78. The molecule has 10 heteroatoms. The summed E-state index contributed by atoms with van der Waals surface area (Å²) in [6, 6.07) is 9.42. The van der Waals surface area contributed by atoms with Crippen LogP contribution in [-0.2, 0) is 11.3 Å². The number of rotatable bonds is 8. The van der Waals surface area contributed by atoms with Gasteiger partial charge in [-0.3, -0.25) is 4.79 Å². The number of methoxy groups -OCH3 is 1. The Hall–Kier alpha value is -3.34. The number of fused-ring (bicyclic) bond motifs is 2. The minimum atomic E-state index is -0.733. The zero-order valence-corrected chi connectivity index (χ0v) is 19.7. The quantitative estimate of drug-likeness (QED) is 0.384. The number of piperidine rings is 1. The van der Waals surface area contributed by atoms with E-state index in [4.69, 9.17) is 9.47 Å². The van der Waals surface area contributed by atoms with Gasteiger partial charge in [0.05, 0.1) is 36.1 Å². The van der Waals surface area contributed by atoms with Crippen molar-refractivity contribution in [1.82, 2.24) is 25.6 Å². The molecule has 4 N–H and O–H groups in total. The second-order valence-electron chi connectivity index (χ2n) is 8.96. The Kier molecular flexibility index (Phi) is 7.03. The number of carbonyl (C=O) groups excluding carboxylic acids is 1. The number of amides is 1. The molecule has 1 saturated heterocycles. The van der Waals surface area contributed by atoms with E-state index in [1.165, 1.54) is 0 Å². The van der Waals surface area contributed by atoms with Crippen LogP contribution in [0.15, 0.2) is 36.5 Å². The summed E-state index contributed by atoms with van der Waals surface area (Å²) in [5, 5.41) is 21.2. The van der Waals surface area contributed by atoms with E-state index >= 15 is 0 Å². The number of nitrogens with one attached hydrogen (secondary N) is 3. The van der Waals surface area contributed by atoms with Gasteiger partial charge in [-0.25, -0.2) is 15.0 Å². The first kappa shape index (κ1) is 23.4. The van der Waals surface area contributed by atoms with Gasteiger partial charge in [-0.2, -0.15) is 0 Å². The van der Waals surface area contributed by atoms with Crippen LogP contribution in [0.1, 0.15) is 36.6 Å². The van der Waals surface area contributed by atoms with E-state index in [2.05, 4.69) is 30.9 Å². The fraction of sp³-hybridized carbons (Fsp3) is 0.440. The highest BCUT2D eigenvalue weighted by Crippen LogP contribution is 2.30. The number of ether oxygens (including phenoxy) is 2. The molecule has 0 saturated carbocycles. The molecular formula is C25H30N6O4. The number of benzene rings is 1. The maximum absolute atomic E-state index is 11.7. The first-order chi connectivity index (χ1) is 17.1. The molecule has 35 heavy (non-hydrogen) atoms. The number of para-hydroxylation sites is 1. The molecule has 10 nitrogen and oxygen atoms in total. The van der Waals surface area contributed by atoms with Crippen molar-refractivity contribution in [3.63, 3.8) is 0 Å². The van der Waals surface area contributed by atoms with Crippen molar-refractivity contribution < 1.29 is 19.4 Å². The van der Waals surface area contributed by atoms with Crippen LogP contribution in [0.5, 0.6) is 11.6 Å². The van der Waals surface area contributed by atoms with Gasteiger partial charge in [0.1, 0.15) is 0 Å². The molecule has 0 spiro atoms. The van der Waals surface area contributed by atoms with Gasteiger partial charge in [0, 0.05) is 18.2 Å². The summed E-state index contributed by atoms with van der Waals surface area (Å²) in [6.07, 6.45) is 3.52. The molecule has 0 aliphatic carbocycles. The maximum Gasteiger partial charge on any atom is 0.263 e. The highest BCUT2D eigenvalue weighted by Gasteiger charge is 2.27. The minimum Gasteiger partial charge on any atom is -0.480 e. The van der Waals surface area contributed by atoms with E-state index in [1.807, 2.05) is 30.3 Å². The number of pyridine rings is 1. The number of aliphatic hydroxyl groups excluding tert-OH is 1. The summed E-state index contributed by atoms with van der Waals surface area (Å²) in [5.74, 6) is 1.58. The number of nitrogens with zero attached hydrogens (tertiary/aromatic N) is 3. The molecule has 1 aromatic carbocycles. The average Bonchev–Trinajstić information content (AvgIpc) is 2.90. The lowest BCUT2D eigenvalue weighted by Gasteiger charge is -2.33. The van der Waals surface area contributed by atoms with Crippen LogP contribution in [-0.4, -0.2) is 58.8 Å². The van der Waals surface area contributed by atoms with Crippen LogP contribution in [0, 0.1) is 5.92 Å². The third kappa shape index (κ3) is 5.34. The summed E-state index contributed by atoms with van der Waals surface area (Å²) in [5.41, 5.74) is 2.88. The zero-order chi connectivity index (χ0) is 24.2. The number of carbonyl (C=O) groups is 1. The van der Waals surface area contributed by atoms with Crippen LogP contribution in [0.2, 0.25) is 0 Å². The Morgan fingerprint density at radius 3 is 3.03 bits per heavy atom. The first-order valence-corrected chi connectivity index (χ1v) is 11.9. The van der Waals surface area contributed by atoms with Crippen LogP contribution in [0.25, 0.3) is 11.0 Å². The normalized spacial score (nSPS) is 19.4. The van der Waals surface area contributed by atoms with Crippen molar-refractivity contribution in [3.8, 4) is 11.6 Å². The van der Waals surface area contributed by atoms with Gasteiger partial charge in [-0.05, 0) is 56.5 Å². The summed E-state index contributed by atoms with van der Waals surface area (Å²) >= 11 is 0. The predicted molar refractivity (Wildman–Crippen MR) is 130 cm³/mol. The van der Waals surface area contributed by atoms with Crippen molar-refractivity contribution in [3.05, 3.63) is 47.8 Å². The SMILES string of the molecule is COc1cnc2cccc(C(O)CC(NCc3ccc4c(n3)NC(=O)CO4)C3CCCNC3)c2n1. The molecule has 5 rings (SSSR count). The maximum atomic E-state index is 11.7. The molecule has 3 aromatic rings. The highest BCUT2D eigenvalue weighted by molar-refractivity contribution is 5.94. The third-order valence-electron chi connectivity index (χ3n) is 6.61. The van der Waals surface area contributed by atoms with E-state index in [-0.39, 0.29) is 18.6 Å². The Balaban J connectivity index is 1.35. The van der Waals surface area contributed by atoms with E-state index in [0.29, 0.717) is 47.4 Å². The molecule has 4 heterocycles. The van der Waals surface area contributed by atoms with E-state index < -0.39 is 6.10 Å². The first-order valence-electron chi connectivity index (χ1n) is 11.9. The lowest BCUT2D eigenvalue weighted by molar-refractivity contribution is -0.118. The predicted octanol–water partition coefficient (Wildman–Crippen LogP) is 1.95. The number of aliphatic hydroxyl groups is 1. The molecule has 2 aromatic heterocycles. The van der Waals surface area contributed by atoms with Crippen molar-refractivity contribution in [2.45, 2.75) is 38.0 Å². The smallest absolute Gasteiger partial charge is 0.263 e. The van der Waals surface area contributed by atoms with Crippen LogP contribution in [0.3, 0.4) is 0 Å². The molecular weight excluding hydrogens is 448 g/mol. The molecule has 2 aliphatic rings. The molecule has 0 radical (unpaired) electrons. The Morgan fingerprint density at radius 2 is 2.20 bits per heavy atom. The van der Waals surface area contributed by atoms with Gasteiger partial charge in [0.2, 0.25) is 5.88 Å². The number of anilines is 1. The number of hydrogen-bond acceptors (Lipinski definition) is 9. The van der Waals surface area contributed by atoms with Crippen molar-refractivity contribution in [1.29, 1.82) is 0 Å². The zero-order valence-electron chi connectivity index (χ0n) is 19.7. The van der Waals surface area contributed by atoms with E-state index in [1.54, 1.807) is 13.3 Å². The van der Waals surface area contributed by atoms with Gasteiger partial charge in [0.25, 0.3) is 5.91 Å². The van der Waals surface area contributed by atoms with Crippen LogP contribution in [0.4, 0.5) is 5.82 Å². The van der Waals surface area contributed by atoms with Crippen molar-refractivity contribution in [2.24, 2.45) is 5.92 Å². The molecule has 0 bridgehead atoms. The molecule has 2 aliphatic heterocycles. The third-order valence-corrected chi connectivity index (χ3v) is 6.61. The topological polar surface area (TPSA) is 131 Å². The summed E-state index contributed by atoms with van der Waals surface area (Å²) in [6.45, 7) is 2.40. The molecule has 1 fully saturated rings. The minimum absolute atomic E-state index is 0.00530. The number of aromatic nitrogens is 3. The largest absolute Gasteiger partial charge is 0.480 e. The molecule has 3 atom stereocenters. The van der Waals surface area contributed by atoms with Crippen LogP contribution < -0.4 is 25.4 Å². The van der Waals surface area contributed by atoms with Crippen LogP contribution >= 0.6 is 0 Å². The van der Waals surface area contributed by atoms with E-state index in [9.17, 15) is 9.90 Å². The summed E-state index contributed by atoms with van der Waals surface area (Å²) in [4.78, 5) is 25.2. The van der Waals surface area contributed by atoms with Gasteiger partial charge < -0.3 is 30.5 Å². The molecule has 3 unspecified atom stereocenters. The van der Waals surface area contributed by atoms with Gasteiger partial charge in [0.15, 0.2) is 18.2 Å². The van der Waals surface area contributed by atoms with E-state index in [0.717, 1.165) is 37.2 Å². The summed E-state index contributed by atoms with van der Waals surface area (Å²) in [7, 11) is 1.55. The lowest BCUT2D eigenvalue weighted by atomic mass is 9.86. The molecule has 184 valence electrons. The highest BCUT2D eigenvalue weighted by atomic mass is 16.5. The van der Waals surface area contributed by atoms with Gasteiger partial charge >= 0.3 is 0 Å². The Labute approximate surface area is 203 Å². The molecule has 1 amide bonds. The van der Waals surface area contributed by atoms with Crippen molar-refractivity contribution in [2.75, 3.05) is 32.1 Å². The average molecular weight is 479 g/mol. The number of hydrogen-bond donors (Lipinski definition) is 4. The second-order valence-corrected chi connectivity index (χ2v) is 8.96. The second kappa shape index (κ2) is 10.5. The summed E-state index contributed by atoms with van der Waals surface area (Å²) < 4.78 is 10.7. The Morgan fingerprint density at radius 1 is 1.29 bits per heavy atom. The fourth-order valence-electron chi connectivity index (χ4n) is 4.78.